The van der Waals surface area contributed by atoms with E-state index in [1.54, 1.807) is 0 Å². The van der Waals surface area contributed by atoms with Gasteiger partial charge in [-0.2, -0.15) is 0 Å². The maximum atomic E-state index is 3.65. The minimum atomic E-state index is 0.794. The van der Waals surface area contributed by atoms with Crippen molar-refractivity contribution in [1.82, 2.24) is 5.32 Å². The van der Waals surface area contributed by atoms with Gasteiger partial charge in [0.1, 0.15) is 0 Å². The highest BCUT2D eigenvalue weighted by Gasteiger charge is 2.17. The van der Waals surface area contributed by atoms with E-state index in [-0.39, 0.29) is 0 Å². The van der Waals surface area contributed by atoms with Gasteiger partial charge in [-0.3, -0.25) is 0 Å². The maximum Gasteiger partial charge on any atom is 0.00697 e. The zero-order valence-electron chi connectivity index (χ0n) is 8.77. The van der Waals surface area contributed by atoms with Gasteiger partial charge in [0.05, 0.1) is 0 Å². The minimum absolute atomic E-state index is 0.794. The lowest BCUT2D eigenvalue weighted by molar-refractivity contribution is 0.294. The summed E-state index contributed by atoms with van der Waals surface area (Å²) in [5.41, 5.74) is 0. The second-order valence-corrected chi connectivity index (χ2v) is 4.77. The van der Waals surface area contributed by atoms with Crippen LogP contribution in [0.3, 0.4) is 0 Å². The first kappa shape index (κ1) is 10.0. The Morgan fingerprint density at radius 2 is 2.08 bits per heavy atom. The third kappa shape index (κ3) is 3.57. The molecule has 1 N–H and O–H groups in total. The van der Waals surface area contributed by atoms with Crippen molar-refractivity contribution in [3.63, 3.8) is 0 Å². The second-order valence-electron chi connectivity index (χ2n) is 4.77. The third-order valence-corrected chi connectivity index (χ3v) is 2.75. The Morgan fingerprint density at radius 3 is 2.67 bits per heavy atom. The zero-order valence-corrected chi connectivity index (χ0v) is 8.77. The zero-order chi connectivity index (χ0) is 8.97. The molecule has 0 bridgehead atoms. The molecule has 1 fully saturated rings. The van der Waals surface area contributed by atoms with E-state index in [0.29, 0.717) is 0 Å². The van der Waals surface area contributed by atoms with E-state index < -0.39 is 0 Å². The summed E-state index contributed by atoms with van der Waals surface area (Å²) in [5.74, 6) is 1.74. The number of nitrogens with one attached hydrogen (secondary N) is 1. The number of rotatable bonds is 3. The molecule has 0 heterocycles. The van der Waals surface area contributed by atoms with Crippen LogP contribution >= 0.6 is 0 Å². The van der Waals surface area contributed by atoms with Crippen molar-refractivity contribution in [2.45, 2.75) is 52.5 Å². The van der Waals surface area contributed by atoms with E-state index in [1.807, 2.05) is 0 Å². The molecule has 72 valence electrons. The van der Waals surface area contributed by atoms with Crippen molar-refractivity contribution in [3.8, 4) is 0 Å². The summed E-state index contributed by atoms with van der Waals surface area (Å²) in [6.45, 7) is 8.12. The van der Waals surface area contributed by atoms with E-state index in [1.165, 1.54) is 32.2 Å². The number of hydrogen-bond acceptors (Lipinski definition) is 1. The fraction of sp³-hybridized carbons (Fsp3) is 1.00. The molecule has 12 heavy (non-hydrogen) atoms. The van der Waals surface area contributed by atoms with Crippen molar-refractivity contribution in [3.05, 3.63) is 0 Å². The van der Waals surface area contributed by atoms with Crippen LogP contribution in [0.5, 0.6) is 0 Å². The normalized spacial score (nSPS) is 31.0. The van der Waals surface area contributed by atoms with Crippen LogP contribution in [0.4, 0.5) is 0 Å². The van der Waals surface area contributed by atoms with Crippen LogP contribution in [-0.4, -0.2) is 12.6 Å². The monoisotopic (exact) mass is 169 g/mol. The van der Waals surface area contributed by atoms with Gasteiger partial charge >= 0.3 is 0 Å². The summed E-state index contributed by atoms with van der Waals surface area (Å²) in [6.07, 6.45) is 5.67. The topological polar surface area (TPSA) is 12.0 Å². The highest BCUT2D eigenvalue weighted by Crippen LogP contribution is 2.23. The molecule has 0 aromatic heterocycles. The van der Waals surface area contributed by atoms with E-state index in [4.69, 9.17) is 0 Å². The molecule has 0 amide bonds. The molecule has 1 saturated carbocycles. The SMILES string of the molecule is CC(C)CN[C@H]1CCC[C@H](C)C1. The molecule has 1 aliphatic carbocycles. The van der Waals surface area contributed by atoms with Crippen molar-refractivity contribution in [2.24, 2.45) is 11.8 Å². The molecule has 0 aromatic rings. The summed E-state index contributed by atoms with van der Waals surface area (Å²) in [6, 6.07) is 0.816. The molecule has 0 aromatic carbocycles. The maximum absolute atomic E-state index is 3.65. The van der Waals surface area contributed by atoms with Gasteiger partial charge in [0.15, 0.2) is 0 Å². The largest absolute Gasteiger partial charge is 0.314 e. The quantitative estimate of drug-likeness (QED) is 0.685. The van der Waals surface area contributed by atoms with Crippen molar-refractivity contribution < 1.29 is 0 Å². The van der Waals surface area contributed by atoms with Gasteiger partial charge in [-0.25, -0.2) is 0 Å². The van der Waals surface area contributed by atoms with Gasteiger partial charge in [0.25, 0.3) is 0 Å². The van der Waals surface area contributed by atoms with Crippen LogP contribution in [0.15, 0.2) is 0 Å². The van der Waals surface area contributed by atoms with Crippen LogP contribution in [-0.2, 0) is 0 Å². The lowest BCUT2D eigenvalue weighted by Crippen LogP contribution is -2.35. The highest BCUT2D eigenvalue weighted by atomic mass is 14.9. The fourth-order valence-electron chi connectivity index (χ4n) is 2.02. The Labute approximate surface area is 76.9 Å². The van der Waals surface area contributed by atoms with Gasteiger partial charge in [-0.05, 0) is 31.2 Å². The first-order valence-corrected chi connectivity index (χ1v) is 5.42. The van der Waals surface area contributed by atoms with Gasteiger partial charge in [-0.15, -0.1) is 0 Å². The summed E-state index contributed by atoms with van der Waals surface area (Å²) >= 11 is 0. The summed E-state index contributed by atoms with van der Waals surface area (Å²) in [4.78, 5) is 0. The van der Waals surface area contributed by atoms with Crippen LogP contribution in [0, 0.1) is 11.8 Å². The summed E-state index contributed by atoms with van der Waals surface area (Å²) < 4.78 is 0. The second kappa shape index (κ2) is 4.86. The fourth-order valence-corrected chi connectivity index (χ4v) is 2.02. The first-order chi connectivity index (χ1) is 5.68. The molecule has 2 atom stereocenters. The van der Waals surface area contributed by atoms with Crippen LogP contribution in [0.2, 0.25) is 0 Å². The molecule has 0 unspecified atom stereocenters. The lowest BCUT2D eigenvalue weighted by Gasteiger charge is -2.28. The minimum Gasteiger partial charge on any atom is -0.314 e. The van der Waals surface area contributed by atoms with Crippen LogP contribution in [0.1, 0.15) is 46.5 Å². The molecule has 0 aliphatic heterocycles. The van der Waals surface area contributed by atoms with Crippen molar-refractivity contribution in [2.75, 3.05) is 6.54 Å². The van der Waals surface area contributed by atoms with E-state index in [9.17, 15) is 0 Å². The lowest BCUT2D eigenvalue weighted by atomic mass is 9.87. The van der Waals surface area contributed by atoms with Crippen LogP contribution < -0.4 is 5.32 Å². The average molecular weight is 169 g/mol. The van der Waals surface area contributed by atoms with Gasteiger partial charge in [0, 0.05) is 6.04 Å². The summed E-state index contributed by atoms with van der Waals surface area (Å²) in [7, 11) is 0. The summed E-state index contributed by atoms with van der Waals surface area (Å²) in [5, 5.41) is 3.65. The molecule has 1 rings (SSSR count). The Hall–Kier alpha value is -0.0400. The molecule has 1 aliphatic rings. The smallest absolute Gasteiger partial charge is 0.00697 e. The number of hydrogen-bond donors (Lipinski definition) is 1. The standard InChI is InChI=1S/C11H23N/c1-9(2)8-12-11-6-4-5-10(3)7-11/h9-12H,4-8H2,1-3H3/t10-,11-/m0/s1. The Morgan fingerprint density at radius 1 is 1.33 bits per heavy atom. The molecular formula is C11H23N. The van der Waals surface area contributed by atoms with E-state index >= 15 is 0 Å². The highest BCUT2D eigenvalue weighted by molar-refractivity contribution is 4.75. The van der Waals surface area contributed by atoms with E-state index in [2.05, 4.69) is 26.1 Å². The van der Waals surface area contributed by atoms with Crippen molar-refractivity contribution >= 4 is 0 Å². The Balaban J connectivity index is 2.14. The van der Waals surface area contributed by atoms with E-state index in [0.717, 1.165) is 17.9 Å². The third-order valence-electron chi connectivity index (χ3n) is 2.75. The van der Waals surface area contributed by atoms with Crippen molar-refractivity contribution in [1.29, 1.82) is 0 Å². The van der Waals surface area contributed by atoms with Gasteiger partial charge in [0.2, 0.25) is 0 Å². The predicted molar refractivity (Wildman–Crippen MR) is 54.3 cm³/mol. The van der Waals surface area contributed by atoms with Gasteiger partial charge < -0.3 is 5.32 Å². The predicted octanol–water partition coefficient (Wildman–Crippen LogP) is 2.81. The molecule has 0 spiro atoms. The molecule has 1 heteroatoms. The molecule has 0 radical (unpaired) electrons. The average Bonchev–Trinajstić information content (AvgIpc) is 2.01. The van der Waals surface area contributed by atoms with Crippen LogP contribution in [0.25, 0.3) is 0 Å². The van der Waals surface area contributed by atoms with Gasteiger partial charge in [-0.1, -0.05) is 33.6 Å². The Bertz CT molecular complexity index is 120. The first-order valence-electron chi connectivity index (χ1n) is 5.42. The Kier molecular flexibility index (Phi) is 4.07. The molecule has 1 nitrogen and oxygen atoms in total. The molecular weight excluding hydrogens is 146 g/mol. The molecule has 0 saturated heterocycles.